The van der Waals surface area contributed by atoms with Crippen molar-refractivity contribution >= 4 is 10.0 Å². The van der Waals surface area contributed by atoms with Gasteiger partial charge in [-0.1, -0.05) is 12.1 Å². The van der Waals surface area contributed by atoms with Gasteiger partial charge in [0.25, 0.3) is 6.43 Å². The zero-order valence-corrected chi connectivity index (χ0v) is 9.18. The Morgan fingerprint density at radius 1 is 1.38 bits per heavy atom. The summed E-state index contributed by atoms with van der Waals surface area (Å²) in [5, 5.41) is 0. The minimum atomic E-state index is -3.87. The molecule has 16 heavy (non-hydrogen) atoms. The average molecular weight is 250 g/mol. The Balaban J connectivity index is 2.89. The van der Waals surface area contributed by atoms with Crippen LogP contribution in [0.15, 0.2) is 29.2 Å². The van der Waals surface area contributed by atoms with Crippen LogP contribution >= 0.6 is 0 Å². The van der Waals surface area contributed by atoms with E-state index in [2.05, 4.69) is 0 Å². The third-order valence-electron chi connectivity index (χ3n) is 1.87. The minimum Gasteiger partial charge on any atom is -0.326 e. The summed E-state index contributed by atoms with van der Waals surface area (Å²) in [6.45, 7) is -0.701. The molecule has 0 fully saturated rings. The van der Waals surface area contributed by atoms with E-state index in [1.54, 1.807) is 6.07 Å². The van der Waals surface area contributed by atoms with Crippen molar-refractivity contribution in [3.05, 3.63) is 29.8 Å². The Bertz CT molecular complexity index is 449. The molecule has 0 amide bonds. The van der Waals surface area contributed by atoms with Crippen molar-refractivity contribution in [1.29, 1.82) is 0 Å². The summed E-state index contributed by atoms with van der Waals surface area (Å²) in [6, 6.07) is 5.85. The maximum Gasteiger partial charge on any atom is 0.251 e. The van der Waals surface area contributed by atoms with Crippen LogP contribution in [0.5, 0.6) is 0 Å². The van der Waals surface area contributed by atoms with Crippen LogP contribution in [0, 0.1) is 0 Å². The summed E-state index contributed by atoms with van der Waals surface area (Å²) in [6.07, 6.45) is -2.72. The lowest BCUT2D eigenvalue weighted by Gasteiger charge is -2.07. The second-order valence-electron chi connectivity index (χ2n) is 3.09. The molecule has 4 nitrogen and oxygen atoms in total. The largest absolute Gasteiger partial charge is 0.326 e. The van der Waals surface area contributed by atoms with Gasteiger partial charge in [-0.3, -0.25) is 0 Å². The van der Waals surface area contributed by atoms with Gasteiger partial charge in [-0.15, -0.1) is 0 Å². The van der Waals surface area contributed by atoms with E-state index < -0.39 is 23.0 Å². The van der Waals surface area contributed by atoms with Crippen LogP contribution in [-0.2, 0) is 16.6 Å². The van der Waals surface area contributed by atoms with E-state index in [9.17, 15) is 17.2 Å². The second kappa shape index (κ2) is 5.33. The number of alkyl halides is 2. The zero-order valence-electron chi connectivity index (χ0n) is 8.36. The molecular weight excluding hydrogens is 238 g/mol. The predicted molar refractivity (Wildman–Crippen MR) is 55.5 cm³/mol. The van der Waals surface area contributed by atoms with Crippen LogP contribution in [0.4, 0.5) is 8.78 Å². The topological polar surface area (TPSA) is 72.2 Å². The highest BCUT2D eigenvalue weighted by Gasteiger charge is 2.16. The van der Waals surface area contributed by atoms with Crippen LogP contribution in [-0.4, -0.2) is 21.4 Å². The molecule has 0 atom stereocenters. The van der Waals surface area contributed by atoms with E-state index in [1.807, 2.05) is 4.72 Å². The number of nitrogens with one attached hydrogen (secondary N) is 1. The van der Waals surface area contributed by atoms with Gasteiger partial charge in [0.2, 0.25) is 10.0 Å². The number of rotatable bonds is 5. The fourth-order valence-electron chi connectivity index (χ4n) is 1.10. The maximum absolute atomic E-state index is 11.9. The Labute approximate surface area is 92.5 Å². The van der Waals surface area contributed by atoms with Crippen molar-refractivity contribution in [2.75, 3.05) is 6.54 Å². The van der Waals surface area contributed by atoms with Gasteiger partial charge in [-0.2, -0.15) is 0 Å². The van der Waals surface area contributed by atoms with Gasteiger partial charge in [0.1, 0.15) is 0 Å². The quantitative estimate of drug-likeness (QED) is 0.807. The summed E-state index contributed by atoms with van der Waals surface area (Å²) in [5.74, 6) is 0. The van der Waals surface area contributed by atoms with E-state index in [-0.39, 0.29) is 11.4 Å². The molecule has 3 N–H and O–H groups in total. The molecule has 0 heterocycles. The standard InChI is InChI=1S/C9H12F2N2O2S/c10-9(11)6-13-16(14,15)8-3-1-2-7(4-8)5-12/h1-4,9,13H,5-6,12H2. The van der Waals surface area contributed by atoms with E-state index in [0.717, 1.165) is 0 Å². The summed E-state index contributed by atoms with van der Waals surface area (Å²) in [4.78, 5) is -0.0592. The van der Waals surface area contributed by atoms with Crippen LogP contribution in [0.25, 0.3) is 0 Å². The van der Waals surface area contributed by atoms with Crippen molar-refractivity contribution in [2.24, 2.45) is 5.73 Å². The molecule has 0 aromatic heterocycles. The number of hydrogen-bond donors (Lipinski definition) is 2. The SMILES string of the molecule is NCc1cccc(S(=O)(=O)NCC(F)F)c1. The summed E-state index contributed by atoms with van der Waals surface area (Å²) in [7, 11) is -3.87. The van der Waals surface area contributed by atoms with Crippen molar-refractivity contribution in [3.8, 4) is 0 Å². The molecule has 0 saturated carbocycles. The number of benzene rings is 1. The van der Waals surface area contributed by atoms with Gasteiger partial charge < -0.3 is 5.73 Å². The Morgan fingerprint density at radius 3 is 2.62 bits per heavy atom. The highest BCUT2D eigenvalue weighted by Crippen LogP contribution is 2.11. The first-order valence-electron chi connectivity index (χ1n) is 4.52. The molecule has 0 saturated heterocycles. The zero-order chi connectivity index (χ0) is 12.2. The van der Waals surface area contributed by atoms with Gasteiger partial charge in [0, 0.05) is 6.54 Å². The molecule has 1 aromatic rings. The van der Waals surface area contributed by atoms with E-state index in [0.29, 0.717) is 5.56 Å². The number of hydrogen-bond acceptors (Lipinski definition) is 3. The normalized spacial score (nSPS) is 12.0. The molecule has 0 unspecified atom stereocenters. The average Bonchev–Trinajstić information content (AvgIpc) is 2.27. The van der Waals surface area contributed by atoms with Crippen molar-refractivity contribution in [3.63, 3.8) is 0 Å². The van der Waals surface area contributed by atoms with Gasteiger partial charge in [0.15, 0.2) is 0 Å². The lowest BCUT2D eigenvalue weighted by Crippen LogP contribution is -2.28. The summed E-state index contributed by atoms with van der Waals surface area (Å²) in [5.41, 5.74) is 5.97. The fourth-order valence-corrected chi connectivity index (χ4v) is 2.17. The van der Waals surface area contributed by atoms with Crippen LogP contribution < -0.4 is 10.5 Å². The maximum atomic E-state index is 11.9. The lowest BCUT2D eigenvalue weighted by molar-refractivity contribution is 0.153. The Kier molecular flexibility index (Phi) is 4.34. The van der Waals surface area contributed by atoms with Crippen molar-refractivity contribution in [2.45, 2.75) is 17.9 Å². The molecule has 1 rings (SSSR count). The van der Waals surface area contributed by atoms with Crippen molar-refractivity contribution in [1.82, 2.24) is 4.72 Å². The Morgan fingerprint density at radius 2 is 2.06 bits per heavy atom. The van der Waals surface area contributed by atoms with Crippen LogP contribution in [0.1, 0.15) is 5.56 Å². The monoisotopic (exact) mass is 250 g/mol. The summed E-state index contributed by atoms with van der Waals surface area (Å²) < 4.78 is 48.6. The fraction of sp³-hybridized carbons (Fsp3) is 0.333. The number of nitrogens with two attached hydrogens (primary N) is 1. The van der Waals surface area contributed by atoms with Gasteiger partial charge in [-0.05, 0) is 17.7 Å². The first kappa shape index (κ1) is 13.0. The highest BCUT2D eigenvalue weighted by molar-refractivity contribution is 7.89. The first-order valence-corrected chi connectivity index (χ1v) is 6.01. The smallest absolute Gasteiger partial charge is 0.251 e. The third-order valence-corrected chi connectivity index (χ3v) is 3.29. The van der Waals surface area contributed by atoms with Crippen LogP contribution in [0.2, 0.25) is 0 Å². The molecule has 90 valence electrons. The molecule has 0 aliphatic heterocycles. The van der Waals surface area contributed by atoms with Gasteiger partial charge in [-0.25, -0.2) is 21.9 Å². The number of sulfonamides is 1. The molecule has 1 aromatic carbocycles. The molecule has 7 heteroatoms. The lowest BCUT2D eigenvalue weighted by atomic mass is 10.2. The van der Waals surface area contributed by atoms with Crippen LogP contribution in [0.3, 0.4) is 0 Å². The molecule has 0 bridgehead atoms. The molecule has 0 spiro atoms. The predicted octanol–water partition coefficient (Wildman–Crippen LogP) is 0.689. The van der Waals surface area contributed by atoms with Crippen molar-refractivity contribution < 1.29 is 17.2 Å². The molecule has 0 aliphatic carbocycles. The van der Waals surface area contributed by atoms with E-state index in [4.69, 9.17) is 5.73 Å². The molecular formula is C9H12F2N2O2S. The highest BCUT2D eigenvalue weighted by atomic mass is 32.2. The van der Waals surface area contributed by atoms with Gasteiger partial charge >= 0.3 is 0 Å². The minimum absolute atomic E-state index is 0.0592. The third kappa shape index (κ3) is 3.51. The second-order valence-corrected chi connectivity index (χ2v) is 4.86. The summed E-state index contributed by atoms with van der Waals surface area (Å²) >= 11 is 0. The van der Waals surface area contributed by atoms with E-state index in [1.165, 1.54) is 18.2 Å². The Hall–Kier alpha value is -1.05. The number of halogens is 2. The van der Waals surface area contributed by atoms with E-state index >= 15 is 0 Å². The molecule has 0 aliphatic rings. The van der Waals surface area contributed by atoms with Gasteiger partial charge in [0.05, 0.1) is 11.4 Å². The molecule has 0 radical (unpaired) electrons. The first-order chi connectivity index (χ1) is 7.45.